The van der Waals surface area contributed by atoms with Crippen LogP contribution >= 0.6 is 0 Å². The molecule has 1 amide bonds. The summed E-state index contributed by atoms with van der Waals surface area (Å²) in [6.45, 7) is 5.33. The second-order valence-electron chi connectivity index (χ2n) is 7.94. The van der Waals surface area contributed by atoms with Gasteiger partial charge in [0.15, 0.2) is 0 Å². The van der Waals surface area contributed by atoms with Gasteiger partial charge in [0.25, 0.3) is 11.5 Å². The molecule has 10 heteroatoms. The molecule has 3 aromatic heterocycles. The number of aromatic nitrogens is 5. The van der Waals surface area contributed by atoms with E-state index in [0.717, 1.165) is 37.3 Å². The summed E-state index contributed by atoms with van der Waals surface area (Å²) in [5.74, 6) is 0.553. The first kappa shape index (κ1) is 20.4. The van der Waals surface area contributed by atoms with E-state index >= 15 is 0 Å². The Hall–Kier alpha value is -3.53. The van der Waals surface area contributed by atoms with Crippen molar-refractivity contribution in [2.45, 2.75) is 19.5 Å². The van der Waals surface area contributed by atoms with Gasteiger partial charge in [-0.2, -0.15) is 10.2 Å². The smallest absolute Gasteiger partial charge is 0.266 e. The van der Waals surface area contributed by atoms with Crippen LogP contribution in [0.4, 0.5) is 0 Å². The number of rotatable bonds is 5. The second kappa shape index (κ2) is 8.91. The monoisotopic (exact) mass is 435 g/mol. The fraction of sp³-hybridized carbons (Fsp3) is 0.409. The first-order valence-corrected chi connectivity index (χ1v) is 10.9. The predicted octanol–water partition coefficient (Wildman–Crippen LogP) is 0.742. The average molecular weight is 435 g/mol. The Labute approximate surface area is 185 Å². The lowest BCUT2D eigenvalue weighted by Crippen LogP contribution is -2.49. The summed E-state index contributed by atoms with van der Waals surface area (Å²) in [5, 5.41) is 8.77. The van der Waals surface area contributed by atoms with Crippen LogP contribution in [0.1, 0.15) is 16.8 Å². The van der Waals surface area contributed by atoms with Gasteiger partial charge in [-0.05, 0) is 18.2 Å². The van der Waals surface area contributed by atoms with E-state index in [4.69, 9.17) is 4.74 Å². The maximum absolute atomic E-state index is 12.9. The van der Waals surface area contributed by atoms with E-state index in [1.54, 1.807) is 35.4 Å². The van der Waals surface area contributed by atoms with Gasteiger partial charge in [-0.15, -0.1) is 0 Å². The van der Waals surface area contributed by atoms with E-state index in [2.05, 4.69) is 20.1 Å². The molecular weight excluding hydrogens is 410 g/mol. The number of amides is 1. The van der Waals surface area contributed by atoms with E-state index in [1.165, 1.54) is 4.68 Å². The molecule has 5 heterocycles. The van der Waals surface area contributed by atoms with Crippen LogP contribution in [0.5, 0.6) is 5.88 Å². The summed E-state index contributed by atoms with van der Waals surface area (Å²) in [4.78, 5) is 33.4. The number of hydrogen-bond acceptors (Lipinski definition) is 7. The fourth-order valence-corrected chi connectivity index (χ4v) is 4.07. The minimum atomic E-state index is -0.127. The van der Waals surface area contributed by atoms with Crippen LogP contribution in [0, 0.1) is 0 Å². The number of hydrogen-bond donors (Lipinski definition) is 0. The molecule has 0 aromatic carbocycles. The lowest BCUT2D eigenvalue weighted by molar-refractivity contribution is 0.0625. The lowest BCUT2D eigenvalue weighted by atomic mass is 10.2. The van der Waals surface area contributed by atoms with Crippen LogP contribution < -0.4 is 10.3 Å². The SMILES string of the molecule is O=C(c1cnn2c1OCCC2)N1CCN(CCn2nc(-c3cccnc3)ccc2=O)CC1. The highest BCUT2D eigenvalue weighted by molar-refractivity contribution is 5.96. The Morgan fingerprint density at radius 1 is 1.03 bits per heavy atom. The highest BCUT2D eigenvalue weighted by Gasteiger charge is 2.28. The maximum Gasteiger partial charge on any atom is 0.266 e. The number of nitrogens with zero attached hydrogens (tertiary/aromatic N) is 7. The van der Waals surface area contributed by atoms with Crippen molar-refractivity contribution in [1.82, 2.24) is 34.3 Å². The van der Waals surface area contributed by atoms with Gasteiger partial charge in [0, 0.05) is 69.7 Å². The molecule has 0 saturated carbocycles. The highest BCUT2D eigenvalue weighted by atomic mass is 16.5. The van der Waals surface area contributed by atoms with E-state index in [9.17, 15) is 9.59 Å². The lowest BCUT2D eigenvalue weighted by Gasteiger charge is -2.34. The second-order valence-corrected chi connectivity index (χ2v) is 7.94. The molecule has 0 unspecified atom stereocenters. The Balaban J connectivity index is 1.18. The summed E-state index contributed by atoms with van der Waals surface area (Å²) >= 11 is 0. The summed E-state index contributed by atoms with van der Waals surface area (Å²) in [6.07, 6.45) is 5.96. The van der Waals surface area contributed by atoms with Gasteiger partial charge in [-0.25, -0.2) is 9.36 Å². The van der Waals surface area contributed by atoms with Crippen LogP contribution in [-0.4, -0.2) is 79.6 Å². The molecule has 0 bridgehead atoms. The third kappa shape index (κ3) is 4.13. The molecule has 2 aliphatic rings. The van der Waals surface area contributed by atoms with Crippen LogP contribution in [0.25, 0.3) is 11.3 Å². The summed E-state index contributed by atoms with van der Waals surface area (Å²) in [6, 6.07) is 7.03. The van der Waals surface area contributed by atoms with Crippen molar-refractivity contribution < 1.29 is 9.53 Å². The predicted molar refractivity (Wildman–Crippen MR) is 116 cm³/mol. The zero-order chi connectivity index (χ0) is 21.9. The molecule has 0 spiro atoms. The number of fused-ring (bicyclic) bond motifs is 1. The largest absolute Gasteiger partial charge is 0.477 e. The van der Waals surface area contributed by atoms with Crippen LogP contribution in [0.2, 0.25) is 0 Å². The zero-order valence-electron chi connectivity index (χ0n) is 17.8. The van der Waals surface area contributed by atoms with Gasteiger partial charge in [-0.3, -0.25) is 19.5 Å². The molecule has 10 nitrogen and oxygen atoms in total. The number of piperazine rings is 1. The van der Waals surface area contributed by atoms with Crippen LogP contribution in [-0.2, 0) is 13.1 Å². The molecule has 1 saturated heterocycles. The molecule has 2 aliphatic heterocycles. The first-order valence-electron chi connectivity index (χ1n) is 10.9. The van der Waals surface area contributed by atoms with Crippen LogP contribution in [0.3, 0.4) is 0 Å². The molecule has 32 heavy (non-hydrogen) atoms. The van der Waals surface area contributed by atoms with Crippen molar-refractivity contribution in [1.29, 1.82) is 0 Å². The van der Waals surface area contributed by atoms with E-state index < -0.39 is 0 Å². The normalized spacial score (nSPS) is 16.4. The molecule has 3 aromatic rings. The molecule has 0 radical (unpaired) electrons. The summed E-state index contributed by atoms with van der Waals surface area (Å²) in [5.41, 5.74) is 2.01. The molecule has 5 rings (SSSR count). The van der Waals surface area contributed by atoms with Gasteiger partial charge >= 0.3 is 0 Å². The standard InChI is InChI=1S/C22H25N7O3/c30-20-5-4-19(17-3-1-6-23-15-17)25-28(20)13-10-26-8-11-27(12-9-26)21(31)18-16-24-29-7-2-14-32-22(18)29/h1,3-6,15-16H,2,7-14H2. The third-order valence-corrected chi connectivity index (χ3v) is 5.89. The van der Waals surface area contributed by atoms with Crippen molar-refractivity contribution >= 4 is 5.91 Å². The highest BCUT2D eigenvalue weighted by Crippen LogP contribution is 2.24. The molecular formula is C22H25N7O3. The molecule has 1 fully saturated rings. The maximum atomic E-state index is 12.9. The molecule has 0 aliphatic carbocycles. The average Bonchev–Trinajstić information content (AvgIpc) is 3.28. The number of carbonyl (C=O) groups excluding carboxylic acids is 1. The quantitative estimate of drug-likeness (QED) is 0.583. The fourth-order valence-electron chi connectivity index (χ4n) is 4.07. The van der Waals surface area contributed by atoms with E-state index in [1.807, 2.05) is 17.0 Å². The molecule has 166 valence electrons. The van der Waals surface area contributed by atoms with Crippen molar-refractivity contribution in [3.63, 3.8) is 0 Å². The number of ether oxygens (including phenoxy) is 1. The van der Waals surface area contributed by atoms with Gasteiger partial charge in [0.05, 0.1) is 25.0 Å². The topological polar surface area (TPSA) is 98.4 Å². The number of carbonyl (C=O) groups is 1. The van der Waals surface area contributed by atoms with Gasteiger partial charge < -0.3 is 9.64 Å². The Kier molecular flexibility index (Phi) is 5.68. The van der Waals surface area contributed by atoms with Crippen molar-refractivity contribution in [3.8, 4) is 17.1 Å². The van der Waals surface area contributed by atoms with Gasteiger partial charge in [0.2, 0.25) is 5.88 Å². The van der Waals surface area contributed by atoms with Crippen molar-refractivity contribution in [2.75, 3.05) is 39.3 Å². The Morgan fingerprint density at radius 3 is 2.72 bits per heavy atom. The minimum Gasteiger partial charge on any atom is -0.477 e. The summed E-state index contributed by atoms with van der Waals surface area (Å²) < 4.78 is 8.92. The van der Waals surface area contributed by atoms with Gasteiger partial charge in [0.1, 0.15) is 5.56 Å². The number of pyridine rings is 1. The van der Waals surface area contributed by atoms with Gasteiger partial charge in [-0.1, -0.05) is 0 Å². The first-order chi connectivity index (χ1) is 15.7. The third-order valence-electron chi connectivity index (χ3n) is 5.89. The van der Waals surface area contributed by atoms with Crippen molar-refractivity contribution in [2.24, 2.45) is 0 Å². The number of aryl methyl sites for hydroxylation is 1. The molecule has 0 atom stereocenters. The van der Waals surface area contributed by atoms with E-state index in [-0.39, 0.29) is 11.5 Å². The Bertz CT molecular complexity index is 1150. The van der Waals surface area contributed by atoms with Crippen LogP contribution in [0.15, 0.2) is 47.7 Å². The Morgan fingerprint density at radius 2 is 1.91 bits per heavy atom. The van der Waals surface area contributed by atoms with E-state index in [0.29, 0.717) is 44.2 Å². The summed E-state index contributed by atoms with van der Waals surface area (Å²) in [7, 11) is 0. The van der Waals surface area contributed by atoms with Crippen molar-refractivity contribution in [3.05, 3.63) is 58.8 Å². The minimum absolute atomic E-state index is 0.0325. The molecule has 0 N–H and O–H groups in total. The zero-order valence-corrected chi connectivity index (χ0v) is 17.8.